The van der Waals surface area contributed by atoms with Crippen LogP contribution in [0.1, 0.15) is 18.4 Å². The Hall–Kier alpha value is -0.860. The van der Waals surface area contributed by atoms with Gasteiger partial charge in [0, 0.05) is 18.6 Å². The molecule has 0 bridgehead atoms. The zero-order valence-corrected chi connectivity index (χ0v) is 9.66. The van der Waals surface area contributed by atoms with E-state index in [1.165, 1.54) is 18.4 Å². The van der Waals surface area contributed by atoms with Crippen LogP contribution in [0.25, 0.3) is 0 Å². The summed E-state index contributed by atoms with van der Waals surface area (Å²) in [7, 11) is 4.27. The number of hydrogen-bond donors (Lipinski definition) is 1. The second-order valence-electron chi connectivity index (χ2n) is 4.60. The van der Waals surface area contributed by atoms with E-state index in [1.807, 2.05) is 7.05 Å². The number of benzene rings is 1. The van der Waals surface area contributed by atoms with Crippen molar-refractivity contribution in [2.24, 2.45) is 0 Å². The van der Waals surface area contributed by atoms with Gasteiger partial charge in [0.2, 0.25) is 0 Å². The lowest BCUT2D eigenvalue weighted by Crippen LogP contribution is -2.40. The summed E-state index contributed by atoms with van der Waals surface area (Å²) in [6, 6.07) is 10.7. The fourth-order valence-electron chi connectivity index (χ4n) is 2.19. The highest BCUT2D eigenvalue weighted by molar-refractivity contribution is 5.16. The molecule has 1 aliphatic rings. The maximum Gasteiger partial charge on any atom is 0.0335 e. The van der Waals surface area contributed by atoms with E-state index in [-0.39, 0.29) is 0 Å². The molecule has 2 nitrogen and oxygen atoms in total. The zero-order valence-electron chi connectivity index (χ0n) is 9.66. The Balaban J connectivity index is 1.95. The lowest BCUT2D eigenvalue weighted by Gasteiger charge is -2.27. The van der Waals surface area contributed by atoms with Crippen molar-refractivity contribution in [3.63, 3.8) is 0 Å². The molecule has 1 aliphatic carbocycles. The SMILES string of the molecule is CNCC1(N(C)Cc2ccccc2)CC1. The molecule has 2 rings (SSSR count). The predicted octanol–water partition coefficient (Wildman–Crippen LogP) is 1.87. The van der Waals surface area contributed by atoms with Crippen LogP contribution in [-0.4, -0.2) is 31.1 Å². The summed E-state index contributed by atoms with van der Waals surface area (Å²) in [6.45, 7) is 2.17. The third kappa shape index (κ3) is 2.39. The average molecular weight is 204 g/mol. The number of nitrogens with zero attached hydrogens (tertiary/aromatic N) is 1. The van der Waals surface area contributed by atoms with E-state index >= 15 is 0 Å². The molecule has 0 spiro atoms. The Bertz CT molecular complexity index is 304. The van der Waals surface area contributed by atoms with Gasteiger partial charge in [0.25, 0.3) is 0 Å². The molecular formula is C13H20N2. The van der Waals surface area contributed by atoms with Gasteiger partial charge in [-0.25, -0.2) is 0 Å². The van der Waals surface area contributed by atoms with Gasteiger partial charge in [0.1, 0.15) is 0 Å². The second-order valence-corrected chi connectivity index (χ2v) is 4.60. The van der Waals surface area contributed by atoms with Crippen LogP contribution < -0.4 is 5.32 Å². The highest BCUT2D eigenvalue weighted by Gasteiger charge is 2.45. The summed E-state index contributed by atoms with van der Waals surface area (Å²) < 4.78 is 0. The number of hydrogen-bond acceptors (Lipinski definition) is 2. The van der Waals surface area contributed by atoms with Crippen molar-refractivity contribution in [3.8, 4) is 0 Å². The molecule has 1 saturated carbocycles. The van der Waals surface area contributed by atoms with Crippen LogP contribution in [-0.2, 0) is 6.54 Å². The fourth-order valence-corrected chi connectivity index (χ4v) is 2.19. The molecular weight excluding hydrogens is 184 g/mol. The minimum atomic E-state index is 0.435. The molecule has 1 fully saturated rings. The van der Waals surface area contributed by atoms with Gasteiger partial charge < -0.3 is 5.32 Å². The predicted molar refractivity (Wildman–Crippen MR) is 63.8 cm³/mol. The third-order valence-corrected chi connectivity index (χ3v) is 3.41. The minimum absolute atomic E-state index is 0.435. The van der Waals surface area contributed by atoms with Gasteiger partial charge in [-0.1, -0.05) is 30.3 Å². The Labute approximate surface area is 92.3 Å². The highest BCUT2D eigenvalue weighted by Crippen LogP contribution is 2.40. The Morgan fingerprint density at radius 1 is 1.27 bits per heavy atom. The van der Waals surface area contributed by atoms with Crippen LogP contribution in [0.4, 0.5) is 0 Å². The molecule has 0 atom stereocenters. The largest absolute Gasteiger partial charge is 0.318 e. The summed E-state index contributed by atoms with van der Waals surface area (Å²) in [5.74, 6) is 0. The Morgan fingerprint density at radius 3 is 2.47 bits per heavy atom. The molecule has 0 heterocycles. The first-order valence-electron chi connectivity index (χ1n) is 5.67. The van der Waals surface area contributed by atoms with Crippen LogP contribution in [0.3, 0.4) is 0 Å². The molecule has 0 saturated heterocycles. The lowest BCUT2D eigenvalue weighted by atomic mass is 10.1. The van der Waals surface area contributed by atoms with Crippen LogP contribution in [0.5, 0.6) is 0 Å². The van der Waals surface area contributed by atoms with E-state index < -0.39 is 0 Å². The van der Waals surface area contributed by atoms with E-state index in [4.69, 9.17) is 0 Å². The summed E-state index contributed by atoms with van der Waals surface area (Å²) in [5.41, 5.74) is 1.84. The van der Waals surface area contributed by atoms with Crippen LogP contribution in [0, 0.1) is 0 Å². The second kappa shape index (κ2) is 4.33. The van der Waals surface area contributed by atoms with Crippen molar-refractivity contribution in [2.75, 3.05) is 20.6 Å². The number of likely N-dealkylation sites (N-methyl/N-ethyl adjacent to an activating group) is 2. The number of rotatable bonds is 5. The first-order valence-corrected chi connectivity index (χ1v) is 5.67. The molecule has 2 heteroatoms. The van der Waals surface area contributed by atoms with E-state index in [0.29, 0.717) is 5.54 Å². The summed E-state index contributed by atoms with van der Waals surface area (Å²) >= 11 is 0. The monoisotopic (exact) mass is 204 g/mol. The molecule has 0 aromatic heterocycles. The van der Waals surface area contributed by atoms with Gasteiger partial charge >= 0.3 is 0 Å². The van der Waals surface area contributed by atoms with Gasteiger partial charge in [0.05, 0.1) is 0 Å². The quantitative estimate of drug-likeness (QED) is 0.787. The van der Waals surface area contributed by atoms with Crippen molar-refractivity contribution in [1.29, 1.82) is 0 Å². The summed E-state index contributed by atoms with van der Waals surface area (Å²) in [4.78, 5) is 2.48. The van der Waals surface area contributed by atoms with Crippen LogP contribution >= 0.6 is 0 Å². The van der Waals surface area contributed by atoms with E-state index in [0.717, 1.165) is 13.1 Å². The van der Waals surface area contributed by atoms with Crippen molar-refractivity contribution < 1.29 is 0 Å². The van der Waals surface area contributed by atoms with E-state index in [1.54, 1.807) is 0 Å². The van der Waals surface area contributed by atoms with Gasteiger partial charge in [0.15, 0.2) is 0 Å². The van der Waals surface area contributed by atoms with Gasteiger partial charge in [-0.2, -0.15) is 0 Å². The molecule has 1 N–H and O–H groups in total. The van der Waals surface area contributed by atoms with Crippen molar-refractivity contribution in [2.45, 2.75) is 24.9 Å². The Kier molecular flexibility index (Phi) is 3.08. The first kappa shape index (κ1) is 10.7. The number of nitrogens with one attached hydrogen (secondary N) is 1. The molecule has 82 valence electrons. The molecule has 0 radical (unpaired) electrons. The maximum absolute atomic E-state index is 3.30. The standard InChI is InChI=1S/C13H20N2/c1-14-11-13(8-9-13)15(2)10-12-6-4-3-5-7-12/h3-7,14H,8-11H2,1-2H3. The zero-order chi connectivity index (χ0) is 10.7. The van der Waals surface area contributed by atoms with Crippen LogP contribution in [0.2, 0.25) is 0 Å². The third-order valence-electron chi connectivity index (χ3n) is 3.41. The van der Waals surface area contributed by atoms with E-state index in [2.05, 4.69) is 47.6 Å². The van der Waals surface area contributed by atoms with E-state index in [9.17, 15) is 0 Å². The summed E-state index contributed by atoms with van der Waals surface area (Å²) in [6.07, 6.45) is 2.66. The lowest BCUT2D eigenvalue weighted by molar-refractivity contribution is 0.210. The molecule has 0 amide bonds. The van der Waals surface area contributed by atoms with Gasteiger partial charge in [-0.15, -0.1) is 0 Å². The van der Waals surface area contributed by atoms with Gasteiger partial charge in [-0.3, -0.25) is 4.90 Å². The Morgan fingerprint density at radius 2 is 1.93 bits per heavy atom. The molecule has 1 aromatic carbocycles. The van der Waals surface area contributed by atoms with Crippen molar-refractivity contribution in [3.05, 3.63) is 35.9 Å². The maximum atomic E-state index is 3.30. The molecule has 15 heavy (non-hydrogen) atoms. The first-order chi connectivity index (χ1) is 7.27. The molecule has 1 aromatic rings. The molecule has 0 unspecified atom stereocenters. The fraction of sp³-hybridized carbons (Fsp3) is 0.538. The van der Waals surface area contributed by atoms with Crippen molar-refractivity contribution in [1.82, 2.24) is 10.2 Å². The summed E-state index contributed by atoms with van der Waals surface area (Å²) in [5, 5.41) is 3.30. The molecule has 0 aliphatic heterocycles. The normalized spacial score (nSPS) is 18.1. The topological polar surface area (TPSA) is 15.3 Å². The van der Waals surface area contributed by atoms with Crippen LogP contribution in [0.15, 0.2) is 30.3 Å². The van der Waals surface area contributed by atoms with Gasteiger partial charge in [-0.05, 0) is 32.5 Å². The smallest absolute Gasteiger partial charge is 0.0335 e. The minimum Gasteiger partial charge on any atom is -0.318 e. The van der Waals surface area contributed by atoms with Crippen molar-refractivity contribution >= 4 is 0 Å². The average Bonchev–Trinajstić information content (AvgIpc) is 3.01. The highest BCUT2D eigenvalue weighted by atomic mass is 15.2.